The molecule has 1 heterocycles. The van der Waals surface area contributed by atoms with Crippen molar-refractivity contribution in [2.24, 2.45) is 10.9 Å². The second-order valence-corrected chi connectivity index (χ2v) is 5.72. The van der Waals surface area contributed by atoms with Crippen molar-refractivity contribution in [3.63, 3.8) is 0 Å². The van der Waals surface area contributed by atoms with Crippen LogP contribution in [0.25, 0.3) is 0 Å². The highest BCUT2D eigenvalue weighted by Crippen LogP contribution is 2.16. The molecule has 8 heteroatoms. The van der Waals surface area contributed by atoms with Crippen LogP contribution in [0.5, 0.6) is 0 Å². The highest BCUT2D eigenvalue weighted by atomic mass is 16.4. The van der Waals surface area contributed by atoms with E-state index in [-0.39, 0.29) is 11.7 Å². The van der Waals surface area contributed by atoms with Crippen LogP contribution in [0.3, 0.4) is 0 Å². The van der Waals surface area contributed by atoms with Crippen molar-refractivity contribution in [2.75, 3.05) is 36.0 Å². The number of hydrogen-bond acceptors (Lipinski definition) is 7. The minimum absolute atomic E-state index is 0.0965. The molecule has 8 nitrogen and oxygen atoms in total. The first-order chi connectivity index (χ1) is 11.6. The number of amidine groups is 1. The summed E-state index contributed by atoms with van der Waals surface area (Å²) in [6.07, 6.45) is 3.97. The first kappa shape index (κ1) is 19.9. The van der Waals surface area contributed by atoms with Gasteiger partial charge in [0.15, 0.2) is 0 Å². The van der Waals surface area contributed by atoms with Crippen molar-refractivity contribution in [1.82, 2.24) is 15.0 Å². The van der Waals surface area contributed by atoms with Gasteiger partial charge in [0, 0.05) is 26.2 Å². The van der Waals surface area contributed by atoms with E-state index in [9.17, 15) is 0 Å². The van der Waals surface area contributed by atoms with Crippen LogP contribution in [0.15, 0.2) is 5.16 Å². The molecule has 0 aromatic carbocycles. The second-order valence-electron chi connectivity index (χ2n) is 5.72. The lowest BCUT2D eigenvalue weighted by atomic mass is 10.3. The average Bonchev–Trinajstić information content (AvgIpc) is 2.60. The molecule has 0 bridgehead atoms. The van der Waals surface area contributed by atoms with Gasteiger partial charge in [-0.3, -0.25) is 0 Å². The van der Waals surface area contributed by atoms with E-state index in [2.05, 4.69) is 57.6 Å². The lowest BCUT2D eigenvalue weighted by Gasteiger charge is -2.25. The van der Waals surface area contributed by atoms with Crippen LogP contribution >= 0.6 is 0 Å². The van der Waals surface area contributed by atoms with Gasteiger partial charge < -0.3 is 20.7 Å². The summed E-state index contributed by atoms with van der Waals surface area (Å²) < 4.78 is 0. The largest absolute Gasteiger partial charge is 0.409 e. The zero-order valence-electron chi connectivity index (χ0n) is 15.4. The Morgan fingerprint density at radius 1 is 0.833 bits per heavy atom. The van der Waals surface area contributed by atoms with Gasteiger partial charge in [-0.05, 0) is 25.7 Å². The first-order valence-corrected chi connectivity index (χ1v) is 8.84. The van der Waals surface area contributed by atoms with Gasteiger partial charge in [0.05, 0.1) is 0 Å². The quantitative estimate of drug-likeness (QED) is 0.276. The van der Waals surface area contributed by atoms with Gasteiger partial charge in [0.1, 0.15) is 0 Å². The molecule has 0 amide bonds. The summed E-state index contributed by atoms with van der Waals surface area (Å²) >= 11 is 0. The Morgan fingerprint density at radius 3 is 1.50 bits per heavy atom. The van der Waals surface area contributed by atoms with Crippen LogP contribution in [0.4, 0.5) is 11.9 Å². The fraction of sp³-hybridized carbons (Fsp3) is 0.750. The van der Waals surface area contributed by atoms with Crippen LogP contribution < -0.4 is 15.5 Å². The summed E-state index contributed by atoms with van der Waals surface area (Å²) in [5.74, 6) is 1.29. The maximum Gasteiger partial charge on any atom is 0.230 e. The molecule has 0 aliphatic heterocycles. The van der Waals surface area contributed by atoms with Crippen molar-refractivity contribution < 1.29 is 5.21 Å². The number of aromatic nitrogens is 3. The summed E-state index contributed by atoms with van der Waals surface area (Å²) in [5, 5.41) is 12.0. The number of hydrogen-bond donors (Lipinski definition) is 2. The molecule has 0 aliphatic carbocycles. The second kappa shape index (κ2) is 10.6. The molecule has 136 valence electrons. The van der Waals surface area contributed by atoms with E-state index >= 15 is 0 Å². The van der Waals surface area contributed by atoms with Gasteiger partial charge in [-0.1, -0.05) is 32.9 Å². The number of rotatable bonds is 11. The summed E-state index contributed by atoms with van der Waals surface area (Å²) in [6, 6.07) is 0. The molecule has 24 heavy (non-hydrogen) atoms. The number of nitrogens with zero attached hydrogens (tertiary/aromatic N) is 6. The van der Waals surface area contributed by atoms with Gasteiger partial charge in [-0.25, -0.2) is 0 Å². The Bertz CT molecular complexity index is 475. The van der Waals surface area contributed by atoms with E-state index in [1.165, 1.54) is 0 Å². The molecule has 3 N–H and O–H groups in total. The smallest absolute Gasteiger partial charge is 0.230 e. The minimum Gasteiger partial charge on any atom is -0.409 e. The highest BCUT2D eigenvalue weighted by molar-refractivity contribution is 5.93. The minimum atomic E-state index is -0.0965. The van der Waals surface area contributed by atoms with Crippen LogP contribution in [0.2, 0.25) is 0 Å². The maximum absolute atomic E-state index is 9.00. The van der Waals surface area contributed by atoms with E-state index < -0.39 is 0 Å². The van der Waals surface area contributed by atoms with Crippen molar-refractivity contribution in [1.29, 1.82) is 0 Å². The van der Waals surface area contributed by atoms with Gasteiger partial charge in [0.2, 0.25) is 23.6 Å². The monoisotopic (exact) mass is 337 g/mol. The Hall–Kier alpha value is -2.12. The highest BCUT2D eigenvalue weighted by Gasteiger charge is 2.18. The Kier molecular flexibility index (Phi) is 8.81. The third-order valence-electron chi connectivity index (χ3n) is 3.49. The molecule has 0 unspecified atom stereocenters. The van der Waals surface area contributed by atoms with Crippen LogP contribution in [0.1, 0.15) is 59.2 Å². The Morgan fingerprint density at radius 2 is 1.21 bits per heavy atom. The van der Waals surface area contributed by atoms with E-state index in [1.807, 2.05) is 0 Å². The molecular formula is C16H31N7O. The molecule has 0 aliphatic rings. The summed E-state index contributed by atoms with van der Waals surface area (Å²) in [4.78, 5) is 17.7. The molecular weight excluding hydrogens is 306 g/mol. The van der Waals surface area contributed by atoms with E-state index in [1.54, 1.807) is 0 Å². The fourth-order valence-corrected chi connectivity index (χ4v) is 2.50. The molecule has 0 radical (unpaired) electrons. The number of anilines is 2. The van der Waals surface area contributed by atoms with Gasteiger partial charge in [-0.2, -0.15) is 15.0 Å². The van der Waals surface area contributed by atoms with E-state index in [0.717, 1.165) is 51.9 Å². The van der Waals surface area contributed by atoms with Crippen LogP contribution in [-0.2, 0) is 0 Å². The summed E-state index contributed by atoms with van der Waals surface area (Å²) in [7, 11) is 0. The molecule has 1 rings (SSSR count). The predicted molar refractivity (Wildman–Crippen MR) is 97.9 cm³/mol. The Labute approximate surface area is 144 Å². The number of nitrogens with two attached hydrogens (primary N) is 1. The summed E-state index contributed by atoms with van der Waals surface area (Å²) in [6.45, 7) is 11.9. The van der Waals surface area contributed by atoms with Gasteiger partial charge in [-0.15, -0.1) is 0 Å². The molecule has 0 spiro atoms. The molecule has 0 saturated carbocycles. The maximum atomic E-state index is 9.00. The lowest BCUT2D eigenvalue weighted by Crippen LogP contribution is -2.32. The van der Waals surface area contributed by atoms with Crippen molar-refractivity contribution in [3.05, 3.63) is 5.82 Å². The molecule has 1 aromatic heterocycles. The van der Waals surface area contributed by atoms with Crippen molar-refractivity contribution in [2.45, 2.75) is 53.4 Å². The molecule has 1 aromatic rings. The standard InChI is InChI=1S/C16H31N7O/c1-5-9-22(10-6-2)15-18-14(13(17)21-24)19-16(20-15)23(11-7-3)12-8-4/h24H,5-12H2,1-4H3,(H2,17,21). The SMILES string of the molecule is CCCN(CCC)c1nc(/C(N)=N/O)nc(N(CCC)CCC)n1. The normalized spacial score (nSPS) is 11.6. The van der Waals surface area contributed by atoms with Gasteiger partial charge >= 0.3 is 0 Å². The van der Waals surface area contributed by atoms with Crippen molar-refractivity contribution >= 4 is 17.7 Å². The zero-order valence-corrected chi connectivity index (χ0v) is 15.4. The van der Waals surface area contributed by atoms with Gasteiger partial charge in [0.25, 0.3) is 0 Å². The first-order valence-electron chi connectivity index (χ1n) is 8.84. The molecule has 0 fully saturated rings. The van der Waals surface area contributed by atoms with Crippen LogP contribution in [-0.4, -0.2) is 52.2 Å². The zero-order chi connectivity index (χ0) is 17.9. The topological polar surface area (TPSA) is 104 Å². The van der Waals surface area contributed by atoms with Crippen LogP contribution in [0, 0.1) is 0 Å². The number of oxime groups is 1. The van der Waals surface area contributed by atoms with Crippen molar-refractivity contribution in [3.8, 4) is 0 Å². The third-order valence-corrected chi connectivity index (χ3v) is 3.49. The third kappa shape index (κ3) is 5.50. The molecule has 0 atom stereocenters. The molecule has 0 saturated heterocycles. The lowest BCUT2D eigenvalue weighted by molar-refractivity contribution is 0.318. The van der Waals surface area contributed by atoms with E-state index in [0.29, 0.717) is 11.9 Å². The predicted octanol–water partition coefficient (Wildman–Crippen LogP) is 2.22. The van der Waals surface area contributed by atoms with E-state index in [4.69, 9.17) is 10.9 Å². The fourth-order valence-electron chi connectivity index (χ4n) is 2.50. The average molecular weight is 337 g/mol. The Balaban J connectivity index is 3.33. The summed E-state index contributed by atoms with van der Waals surface area (Å²) in [5.41, 5.74) is 5.74.